The van der Waals surface area contributed by atoms with Gasteiger partial charge in [0.25, 0.3) is 5.91 Å². The quantitative estimate of drug-likeness (QED) is 0.609. The Morgan fingerprint density at radius 2 is 1.52 bits per heavy atom. The molecule has 1 N–H and O–H groups in total. The molecule has 0 saturated heterocycles. The molecule has 0 bridgehead atoms. The first kappa shape index (κ1) is 20.9. The number of carbonyl (C=O) groups is 1. The fourth-order valence-electron chi connectivity index (χ4n) is 2.77. The minimum Gasteiger partial charge on any atom is -0.322 e. The topological polar surface area (TPSA) is 66.5 Å². The van der Waals surface area contributed by atoms with Crippen LogP contribution < -0.4 is 9.62 Å². The summed E-state index contributed by atoms with van der Waals surface area (Å²) >= 11 is 5.90. The fraction of sp³-hybridized carbons (Fsp3) is 0.136. The SMILES string of the molecule is Cc1ccc(NC(=O)c2ccc(N(Cc3ccc(Cl)cc3)S(C)(=O)=O)cc2)cc1. The second-order valence-electron chi connectivity index (χ2n) is 6.76. The molecule has 5 nitrogen and oxygen atoms in total. The molecule has 150 valence electrons. The number of sulfonamides is 1. The Balaban J connectivity index is 1.79. The minimum absolute atomic E-state index is 0.172. The smallest absolute Gasteiger partial charge is 0.255 e. The number of benzene rings is 3. The Bertz CT molecular complexity index is 1090. The van der Waals surface area contributed by atoms with Crippen LogP contribution in [0.1, 0.15) is 21.5 Å². The Morgan fingerprint density at radius 1 is 0.931 bits per heavy atom. The lowest BCUT2D eigenvalue weighted by Gasteiger charge is -2.23. The fourth-order valence-corrected chi connectivity index (χ4v) is 3.79. The summed E-state index contributed by atoms with van der Waals surface area (Å²) < 4.78 is 25.9. The summed E-state index contributed by atoms with van der Waals surface area (Å²) in [5.74, 6) is -0.260. The molecule has 0 heterocycles. The molecule has 0 unspecified atom stereocenters. The monoisotopic (exact) mass is 428 g/mol. The first-order valence-corrected chi connectivity index (χ1v) is 11.2. The molecule has 3 aromatic carbocycles. The average molecular weight is 429 g/mol. The van der Waals surface area contributed by atoms with Crippen molar-refractivity contribution in [3.63, 3.8) is 0 Å². The van der Waals surface area contributed by atoms with Crippen LogP contribution in [0.15, 0.2) is 72.8 Å². The largest absolute Gasteiger partial charge is 0.322 e. The molecule has 0 radical (unpaired) electrons. The summed E-state index contributed by atoms with van der Waals surface area (Å²) in [6.45, 7) is 2.15. The summed E-state index contributed by atoms with van der Waals surface area (Å²) in [5.41, 5.74) is 3.53. The summed E-state index contributed by atoms with van der Waals surface area (Å²) in [5, 5.41) is 3.41. The zero-order chi connectivity index (χ0) is 21.0. The Morgan fingerprint density at radius 3 is 2.07 bits per heavy atom. The second kappa shape index (κ2) is 8.68. The van der Waals surface area contributed by atoms with Crippen molar-refractivity contribution in [2.24, 2.45) is 0 Å². The molecule has 0 aliphatic rings. The lowest BCUT2D eigenvalue weighted by atomic mass is 10.1. The van der Waals surface area contributed by atoms with Gasteiger partial charge in [-0.2, -0.15) is 0 Å². The van der Waals surface area contributed by atoms with Crippen molar-refractivity contribution >= 4 is 38.9 Å². The number of rotatable bonds is 6. The molecular formula is C22H21ClN2O3S. The Hall–Kier alpha value is -2.83. The molecular weight excluding hydrogens is 408 g/mol. The number of nitrogens with zero attached hydrogens (tertiary/aromatic N) is 1. The van der Waals surface area contributed by atoms with Gasteiger partial charge in [0.05, 0.1) is 18.5 Å². The molecule has 0 aromatic heterocycles. The third kappa shape index (κ3) is 5.59. The van der Waals surface area contributed by atoms with Crippen LogP contribution in [0.5, 0.6) is 0 Å². The van der Waals surface area contributed by atoms with Gasteiger partial charge in [-0.3, -0.25) is 9.10 Å². The van der Waals surface area contributed by atoms with Gasteiger partial charge >= 0.3 is 0 Å². The molecule has 0 aliphatic carbocycles. The highest BCUT2D eigenvalue weighted by Gasteiger charge is 2.18. The number of hydrogen-bond donors (Lipinski definition) is 1. The highest BCUT2D eigenvalue weighted by atomic mass is 35.5. The van der Waals surface area contributed by atoms with E-state index in [9.17, 15) is 13.2 Å². The maximum Gasteiger partial charge on any atom is 0.255 e. The van der Waals surface area contributed by atoms with Crippen molar-refractivity contribution in [2.45, 2.75) is 13.5 Å². The predicted octanol–water partition coefficient (Wildman–Crippen LogP) is 4.87. The molecule has 0 saturated carbocycles. The van der Waals surface area contributed by atoms with Crippen LogP contribution in [0.25, 0.3) is 0 Å². The molecule has 29 heavy (non-hydrogen) atoms. The van der Waals surface area contributed by atoms with Crippen LogP contribution in [0.3, 0.4) is 0 Å². The van der Waals surface area contributed by atoms with E-state index in [0.717, 1.165) is 17.4 Å². The van der Waals surface area contributed by atoms with E-state index in [2.05, 4.69) is 5.32 Å². The van der Waals surface area contributed by atoms with Gasteiger partial charge in [-0.15, -0.1) is 0 Å². The van der Waals surface area contributed by atoms with Gasteiger partial charge in [0, 0.05) is 16.3 Å². The van der Waals surface area contributed by atoms with E-state index in [1.807, 2.05) is 31.2 Å². The van der Waals surface area contributed by atoms with E-state index in [0.29, 0.717) is 22.0 Å². The molecule has 1 amide bonds. The van der Waals surface area contributed by atoms with Gasteiger partial charge in [0.1, 0.15) is 0 Å². The third-order valence-corrected chi connectivity index (χ3v) is 5.76. The lowest BCUT2D eigenvalue weighted by molar-refractivity contribution is 0.102. The van der Waals surface area contributed by atoms with E-state index in [4.69, 9.17) is 11.6 Å². The summed E-state index contributed by atoms with van der Waals surface area (Å²) in [6, 6.07) is 21.0. The zero-order valence-electron chi connectivity index (χ0n) is 16.1. The van der Waals surface area contributed by atoms with E-state index >= 15 is 0 Å². The standard InChI is InChI=1S/C22H21ClN2O3S/c1-16-3-11-20(12-4-16)24-22(26)18-7-13-21(14-8-18)25(29(2,27)28)15-17-5-9-19(23)10-6-17/h3-14H,15H2,1-2H3,(H,24,26). The first-order chi connectivity index (χ1) is 13.7. The number of hydrogen-bond acceptors (Lipinski definition) is 3. The molecule has 7 heteroatoms. The molecule has 3 aromatic rings. The number of amides is 1. The van der Waals surface area contributed by atoms with E-state index in [1.54, 1.807) is 48.5 Å². The average Bonchev–Trinajstić information content (AvgIpc) is 2.68. The van der Waals surface area contributed by atoms with E-state index in [1.165, 1.54) is 4.31 Å². The van der Waals surface area contributed by atoms with Crippen LogP contribution in [0.2, 0.25) is 5.02 Å². The number of anilines is 2. The van der Waals surface area contributed by atoms with Crippen LogP contribution in [0, 0.1) is 6.92 Å². The van der Waals surface area contributed by atoms with Crippen molar-refractivity contribution in [3.05, 3.63) is 94.5 Å². The molecule has 0 aliphatic heterocycles. The molecule has 0 spiro atoms. The molecule has 3 rings (SSSR count). The van der Waals surface area contributed by atoms with Gasteiger partial charge in [0.15, 0.2) is 0 Å². The van der Waals surface area contributed by atoms with Crippen molar-refractivity contribution in [3.8, 4) is 0 Å². The van der Waals surface area contributed by atoms with Crippen molar-refractivity contribution in [1.29, 1.82) is 0 Å². The number of carbonyl (C=O) groups excluding carboxylic acids is 1. The molecule has 0 atom stereocenters. The number of nitrogens with one attached hydrogen (secondary N) is 1. The van der Waals surface area contributed by atoms with Crippen LogP contribution in [-0.2, 0) is 16.6 Å². The van der Waals surface area contributed by atoms with Gasteiger partial charge in [-0.05, 0) is 61.0 Å². The minimum atomic E-state index is -3.51. The van der Waals surface area contributed by atoms with Gasteiger partial charge < -0.3 is 5.32 Å². The van der Waals surface area contributed by atoms with Crippen LogP contribution in [-0.4, -0.2) is 20.6 Å². The number of aryl methyl sites for hydroxylation is 1. The summed E-state index contributed by atoms with van der Waals surface area (Å²) in [4.78, 5) is 12.4. The predicted molar refractivity (Wildman–Crippen MR) is 118 cm³/mol. The highest BCUT2D eigenvalue weighted by molar-refractivity contribution is 7.92. The van der Waals surface area contributed by atoms with Gasteiger partial charge in [-0.25, -0.2) is 8.42 Å². The Labute approximate surface area is 176 Å². The normalized spacial score (nSPS) is 11.1. The second-order valence-corrected chi connectivity index (χ2v) is 9.11. The molecule has 0 fully saturated rings. The zero-order valence-corrected chi connectivity index (χ0v) is 17.7. The Kier molecular flexibility index (Phi) is 6.25. The van der Waals surface area contributed by atoms with E-state index < -0.39 is 10.0 Å². The van der Waals surface area contributed by atoms with Crippen LogP contribution >= 0.6 is 11.6 Å². The van der Waals surface area contributed by atoms with E-state index in [-0.39, 0.29) is 12.5 Å². The van der Waals surface area contributed by atoms with Crippen molar-refractivity contribution in [1.82, 2.24) is 0 Å². The highest BCUT2D eigenvalue weighted by Crippen LogP contribution is 2.22. The van der Waals surface area contributed by atoms with Crippen molar-refractivity contribution in [2.75, 3.05) is 15.9 Å². The maximum absolute atomic E-state index is 12.4. The first-order valence-electron chi connectivity index (χ1n) is 8.92. The van der Waals surface area contributed by atoms with Crippen LogP contribution in [0.4, 0.5) is 11.4 Å². The number of halogens is 1. The van der Waals surface area contributed by atoms with Gasteiger partial charge in [0.2, 0.25) is 10.0 Å². The maximum atomic E-state index is 12.4. The lowest BCUT2D eigenvalue weighted by Crippen LogP contribution is -2.29. The summed E-state index contributed by atoms with van der Waals surface area (Å²) in [6.07, 6.45) is 1.15. The van der Waals surface area contributed by atoms with Gasteiger partial charge in [-0.1, -0.05) is 41.4 Å². The summed E-state index contributed by atoms with van der Waals surface area (Å²) in [7, 11) is -3.51. The third-order valence-electron chi connectivity index (χ3n) is 4.37. The van der Waals surface area contributed by atoms with Crippen molar-refractivity contribution < 1.29 is 13.2 Å².